The molecule has 10 heavy (non-hydrogen) atoms. The van der Waals surface area contributed by atoms with E-state index in [2.05, 4.69) is 27.6 Å². The van der Waals surface area contributed by atoms with Crippen molar-refractivity contribution in [3.8, 4) is 0 Å². The van der Waals surface area contributed by atoms with Gasteiger partial charge in [-0.1, -0.05) is 22.9 Å². The third-order valence-electron chi connectivity index (χ3n) is 0.718. The summed E-state index contributed by atoms with van der Waals surface area (Å²) in [5.74, 6) is -1.07. The number of esters is 2. The third-order valence-corrected chi connectivity index (χ3v) is 1.18. The van der Waals surface area contributed by atoms with Crippen LogP contribution in [-0.4, -0.2) is 17.3 Å². The van der Waals surface area contributed by atoms with E-state index in [0.29, 0.717) is 6.42 Å². The van der Waals surface area contributed by atoms with Crippen molar-refractivity contribution in [2.45, 2.75) is 12.8 Å². The first kappa shape index (κ1) is 9.62. The molecule has 0 aromatic heterocycles. The fraction of sp³-hybridized carbons (Fsp3) is 0.500. The third kappa shape index (κ3) is 4.49. The van der Waals surface area contributed by atoms with Gasteiger partial charge in [-0.25, -0.2) is 0 Å². The minimum absolute atomic E-state index is 0.0515. The van der Waals surface area contributed by atoms with Crippen LogP contribution in [0.1, 0.15) is 12.8 Å². The highest BCUT2D eigenvalue weighted by atomic mass is 79.9. The fourth-order valence-electron chi connectivity index (χ4n) is 0.350. The quantitative estimate of drug-likeness (QED) is 0.395. The van der Waals surface area contributed by atoms with Crippen LogP contribution in [0.5, 0.6) is 0 Å². The number of halogens is 1. The first-order chi connectivity index (χ1) is 4.70. The number of alkyl halides is 1. The summed E-state index contributed by atoms with van der Waals surface area (Å²) in [4.78, 5) is 20.9. The number of rotatable bonds is 3. The summed E-state index contributed by atoms with van der Waals surface area (Å²) in [6, 6.07) is 0. The molecule has 0 bridgehead atoms. The molecule has 0 aliphatic carbocycles. The molecule has 4 heteroatoms. The van der Waals surface area contributed by atoms with Crippen LogP contribution in [0, 0.1) is 6.92 Å². The largest absolute Gasteiger partial charge is 0.393 e. The monoisotopic (exact) mass is 207 g/mol. The van der Waals surface area contributed by atoms with E-state index >= 15 is 0 Å². The maximum absolute atomic E-state index is 10.5. The van der Waals surface area contributed by atoms with Crippen molar-refractivity contribution in [3.63, 3.8) is 0 Å². The molecule has 0 saturated carbocycles. The van der Waals surface area contributed by atoms with Gasteiger partial charge in [0.2, 0.25) is 0 Å². The van der Waals surface area contributed by atoms with E-state index in [0.717, 1.165) is 0 Å². The fourth-order valence-corrected chi connectivity index (χ4v) is 0.464. The standard InChI is InChI=1S/C6H8BrO3/c1-2-3-5(8)10-6(9)4-7/h1-4H2. The molecule has 0 rings (SSSR count). The molecule has 0 heterocycles. The summed E-state index contributed by atoms with van der Waals surface area (Å²) in [5, 5.41) is 0.0515. The Labute approximate surface area is 67.9 Å². The highest BCUT2D eigenvalue weighted by Gasteiger charge is 2.06. The molecule has 0 aromatic carbocycles. The Morgan fingerprint density at radius 3 is 2.40 bits per heavy atom. The average molecular weight is 208 g/mol. The number of hydrogen-bond donors (Lipinski definition) is 0. The Kier molecular flexibility index (Phi) is 5.20. The number of ether oxygens (including phenoxy) is 1. The van der Waals surface area contributed by atoms with Gasteiger partial charge in [-0.15, -0.1) is 0 Å². The van der Waals surface area contributed by atoms with E-state index in [1.54, 1.807) is 0 Å². The average Bonchev–Trinajstić information content (AvgIpc) is 1.88. The molecule has 0 atom stereocenters. The predicted molar refractivity (Wildman–Crippen MR) is 39.5 cm³/mol. The molecule has 1 radical (unpaired) electrons. The van der Waals surface area contributed by atoms with E-state index in [1.165, 1.54) is 0 Å². The van der Waals surface area contributed by atoms with E-state index in [1.807, 2.05) is 0 Å². The molecular formula is C6H8BrO3. The van der Waals surface area contributed by atoms with Gasteiger partial charge >= 0.3 is 11.9 Å². The van der Waals surface area contributed by atoms with Gasteiger partial charge in [0, 0.05) is 6.42 Å². The molecule has 0 spiro atoms. The lowest BCUT2D eigenvalue weighted by atomic mass is 10.3. The molecule has 0 saturated heterocycles. The Morgan fingerprint density at radius 2 is 2.00 bits per heavy atom. The lowest BCUT2D eigenvalue weighted by molar-refractivity contribution is -0.157. The smallest absolute Gasteiger partial charge is 0.324 e. The molecule has 0 aliphatic rings. The molecular weight excluding hydrogens is 200 g/mol. The Bertz CT molecular complexity index is 133. The van der Waals surface area contributed by atoms with Crippen LogP contribution in [0.4, 0.5) is 0 Å². The molecule has 0 amide bonds. The van der Waals surface area contributed by atoms with Crippen LogP contribution in [0.2, 0.25) is 0 Å². The second-order valence-corrected chi connectivity index (χ2v) is 2.14. The van der Waals surface area contributed by atoms with Gasteiger partial charge in [-0.3, -0.25) is 9.59 Å². The van der Waals surface area contributed by atoms with E-state index in [-0.39, 0.29) is 11.8 Å². The molecule has 0 fully saturated rings. The van der Waals surface area contributed by atoms with E-state index < -0.39 is 11.9 Å². The minimum atomic E-state index is -0.557. The number of hydrogen-bond acceptors (Lipinski definition) is 3. The lowest BCUT2D eigenvalue weighted by Crippen LogP contribution is -2.12. The first-order valence-electron chi connectivity index (χ1n) is 2.79. The number of carbonyl (C=O) groups excluding carboxylic acids is 2. The summed E-state index contributed by atoms with van der Waals surface area (Å²) >= 11 is 2.85. The zero-order chi connectivity index (χ0) is 7.98. The zero-order valence-corrected chi connectivity index (χ0v) is 7.02. The number of carbonyl (C=O) groups is 2. The van der Waals surface area contributed by atoms with Crippen molar-refractivity contribution in [3.05, 3.63) is 6.92 Å². The maximum Gasteiger partial charge on any atom is 0.324 e. The van der Waals surface area contributed by atoms with Crippen molar-refractivity contribution >= 4 is 27.9 Å². The van der Waals surface area contributed by atoms with E-state index in [9.17, 15) is 9.59 Å². The van der Waals surface area contributed by atoms with Crippen LogP contribution < -0.4 is 0 Å². The van der Waals surface area contributed by atoms with Gasteiger partial charge in [-0.05, 0) is 6.42 Å². The van der Waals surface area contributed by atoms with Gasteiger partial charge < -0.3 is 4.74 Å². The van der Waals surface area contributed by atoms with E-state index in [4.69, 9.17) is 0 Å². The SMILES string of the molecule is [CH2]CCC(=O)OC(=O)CBr. The normalized spacial score (nSPS) is 9.00. The maximum atomic E-state index is 10.5. The molecule has 57 valence electrons. The topological polar surface area (TPSA) is 43.4 Å². The van der Waals surface area contributed by atoms with Crippen LogP contribution in [0.15, 0.2) is 0 Å². The first-order valence-corrected chi connectivity index (χ1v) is 3.91. The van der Waals surface area contributed by atoms with Crippen molar-refractivity contribution in [2.24, 2.45) is 0 Å². The highest BCUT2D eigenvalue weighted by molar-refractivity contribution is 9.09. The summed E-state index contributed by atoms with van der Waals surface area (Å²) < 4.78 is 4.28. The summed E-state index contributed by atoms with van der Waals surface area (Å²) in [7, 11) is 0. The molecule has 0 N–H and O–H groups in total. The van der Waals surface area contributed by atoms with Crippen LogP contribution in [0.3, 0.4) is 0 Å². The van der Waals surface area contributed by atoms with Crippen molar-refractivity contribution in [2.75, 3.05) is 5.33 Å². The van der Waals surface area contributed by atoms with Gasteiger partial charge in [-0.2, -0.15) is 0 Å². The van der Waals surface area contributed by atoms with Crippen LogP contribution in [0.25, 0.3) is 0 Å². The Morgan fingerprint density at radius 1 is 1.40 bits per heavy atom. The summed E-state index contributed by atoms with van der Waals surface area (Å²) in [6.45, 7) is 3.43. The second kappa shape index (κ2) is 5.41. The minimum Gasteiger partial charge on any atom is -0.393 e. The van der Waals surface area contributed by atoms with Gasteiger partial charge in [0.25, 0.3) is 0 Å². The van der Waals surface area contributed by atoms with Crippen LogP contribution in [-0.2, 0) is 14.3 Å². The van der Waals surface area contributed by atoms with Gasteiger partial charge in [0.1, 0.15) is 5.33 Å². The highest BCUT2D eigenvalue weighted by Crippen LogP contribution is 1.92. The van der Waals surface area contributed by atoms with Crippen LogP contribution >= 0.6 is 15.9 Å². The summed E-state index contributed by atoms with van der Waals surface area (Å²) in [5.41, 5.74) is 0. The van der Waals surface area contributed by atoms with Gasteiger partial charge in [0.15, 0.2) is 0 Å². The van der Waals surface area contributed by atoms with Crippen molar-refractivity contribution in [1.82, 2.24) is 0 Å². The predicted octanol–water partition coefficient (Wildman–Crippen LogP) is 1.07. The van der Waals surface area contributed by atoms with Gasteiger partial charge in [0.05, 0.1) is 0 Å². The Balaban J connectivity index is 3.47. The van der Waals surface area contributed by atoms with Crippen molar-refractivity contribution < 1.29 is 14.3 Å². The molecule has 3 nitrogen and oxygen atoms in total. The molecule has 0 aromatic rings. The lowest BCUT2D eigenvalue weighted by Gasteiger charge is -1.96. The zero-order valence-electron chi connectivity index (χ0n) is 5.43. The molecule has 0 unspecified atom stereocenters. The Hall–Kier alpha value is -0.380. The second-order valence-electron chi connectivity index (χ2n) is 1.58. The molecule has 0 aliphatic heterocycles. The summed E-state index contributed by atoms with van der Waals surface area (Å²) in [6.07, 6.45) is 0.646. The van der Waals surface area contributed by atoms with Crippen molar-refractivity contribution in [1.29, 1.82) is 0 Å².